The highest BCUT2D eigenvalue weighted by atomic mass is 32.1. The molecule has 8 nitrogen and oxygen atoms in total. The summed E-state index contributed by atoms with van der Waals surface area (Å²) >= 11 is 1.42. The van der Waals surface area contributed by atoms with Gasteiger partial charge in [-0.05, 0) is 42.7 Å². The summed E-state index contributed by atoms with van der Waals surface area (Å²) in [4.78, 5) is 34.9. The van der Waals surface area contributed by atoms with E-state index in [4.69, 9.17) is 9.47 Å². The van der Waals surface area contributed by atoms with Crippen LogP contribution in [0.1, 0.15) is 38.8 Å². The number of ether oxygens (including phenoxy) is 2. The largest absolute Gasteiger partial charge is 0.454 e. The number of pyridine rings is 1. The van der Waals surface area contributed by atoms with Crippen molar-refractivity contribution in [3.63, 3.8) is 0 Å². The van der Waals surface area contributed by atoms with Crippen LogP contribution in [0.4, 0.5) is 5.13 Å². The maximum absolute atomic E-state index is 12.7. The fourth-order valence-corrected chi connectivity index (χ4v) is 4.59. The summed E-state index contributed by atoms with van der Waals surface area (Å²) in [6.07, 6.45) is 4.93. The molecule has 2 N–H and O–H groups in total. The number of nitrogens with one attached hydrogen (secondary N) is 2. The molecule has 1 aliphatic heterocycles. The first-order valence-electron chi connectivity index (χ1n) is 9.54. The van der Waals surface area contributed by atoms with Gasteiger partial charge in [-0.1, -0.05) is 6.07 Å². The quantitative estimate of drug-likeness (QED) is 0.656. The lowest BCUT2D eigenvalue weighted by molar-refractivity contribution is -0.122. The Morgan fingerprint density at radius 1 is 1.20 bits per heavy atom. The summed E-state index contributed by atoms with van der Waals surface area (Å²) in [6, 6.07) is 8.79. The molecule has 3 aromatic rings. The fourth-order valence-electron chi connectivity index (χ4n) is 3.56. The summed E-state index contributed by atoms with van der Waals surface area (Å²) in [5.41, 5.74) is 2.16. The Hall–Kier alpha value is -3.46. The van der Waals surface area contributed by atoms with E-state index in [1.54, 1.807) is 30.6 Å². The molecule has 0 bridgehead atoms. The number of benzene rings is 1. The summed E-state index contributed by atoms with van der Waals surface area (Å²) in [5.74, 6) is 0.536. The Morgan fingerprint density at radius 2 is 2.10 bits per heavy atom. The number of carbonyl (C=O) groups is 2. The molecule has 1 unspecified atom stereocenters. The zero-order valence-electron chi connectivity index (χ0n) is 15.9. The van der Waals surface area contributed by atoms with Crippen molar-refractivity contribution in [2.45, 2.75) is 25.3 Å². The number of rotatable bonds is 5. The standard InChI is InChI=1S/C21H18N4O4S/c26-19(13-3-5-15-16(8-13)29-11-28-15)25-21-24-18-14(4-6-17(18)30-21)20(27)23-10-12-2-1-7-22-9-12/h1-3,5,7-9,14H,4,6,10-11H2,(H,23,27)(H,24,25,26). The van der Waals surface area contributed by atoms with Crippen molar-refractivity contribution in [2.75, 3.05) is 12.1 Å². The molecule has 2 aromatic heterocycles. The zero-order valence-corrected chi connectivity index (χ0v) is 16.7. The average molecular weight is 422 g/mol. The first-order chi connectivity index (χ1) is 14.7. The second kappa shape index (κ2) is 7.75. The molecule has 0 saturated heterocycles. The van der Waals surface area contributed by atoms with Gasteiger partial charge in [0.15, 0.2) is 16.6 Å². The normalized spacial score (nSPS) is 16.2. The smallest absolute Gasteiger partial charge is 0.257 e. The van der Waals surface area contributed by atoms with Crippen LogP contribution in [0.15, 0.2) is 42.7 Å². The molecule has 152 valence electrons. The van der Waals surface area contributed by atoms with Gasteiger partial charge in [0, 0.05) is 29.4 Å². The Balaban J connectivity index is 1.25. The fraction of sp³-hybridized carbons (Fsp3) is 0.238. The molecule has 5 rings (SSSR count). The molecule has 0 spiro atoms. The van der Waals surface area contributed by atoms with Crippen molar-refractivity contribution in [1.82, 2.24) is 15.3 Å². The van der Waals surface area contributed by atoms with Gasteiger partial charge in [0.25, 0.3) is 5.91 Å². The number of hydrogen-bond acceptors (Lipinski definition) is 7. The van der Waals surface area contributed by atoms with E-state index in [9.17, 15) is 9.59 Å². The topological polar surface area (TPSA) is 102 Å². The van der Waals surface area contributed by atoms with Crippen LogP contribution in [0.25, 0.3) is 0 Å². The van der Waals surface area contributed by atoms with Gasteiger partial charge in [-0.25, -0.2) is 4.98 Å². The average Bonchev–Trinajstić information content (AvgIpc) is 3.47. The highest BCUT2D eigenvalue weighted by Crippen LogP contribution is 2.39. The van der Waals surface area contributed by atoms with Crippen LogP contribution in [0, 0.1) is 0 Å². The summed E-state index contributed by atoms with van der Waals surface area (Å²) in [6.45, 7) is 0.584. The van der Waals surface area contributed by atoms with Gasteiger partial charge in [-0.3, -0.25) is 19.9 Å². The predicted molar refractivity (Wildman–Crippen MR) is 110 cm³/mol. The van der Waals surface area contributed by atoms with Crippen molar-refractivity contribution >= 4 is 28.3 Å². The number of fused-ring (bicyclic) bond motifs is 2. The number of nitrogens with zero attached hydrogens (tertiary/aromatic N) is 2. The highest BCUT2D eigenvalue weighted by Gasteiger charge is 2.32. The lowest BCUT2D eigenvalue weighted by Gasteiger charge is -2.10. The second-order valence-electron chi connectivity index (χ2n) is 7.02. The van der Waals surface area contributed by atoms with Gasteiger partial charge < -0.3 is 14.8 Å². The van der Waals surface area contributed by atoms with Crippen LogP contribution in [0.2, 0.25) is 0 Å². The highest BCUT2D eigenvalue weighted by molar-refractivity contribution is 7.16. The molecule has 3 heterocycles. The lowest BCUT2D eigenvalue weighted by atomic mass is 10.1. The zero-order chi connectivity index (χ0) is 20.5. The van der Waals surface area contributed by atoms with Crippen molar-refractivity contribution in [1.29, 1.82) is 0 Å². The van der Waals surface area contributed by atoms with Crippen molar-refractivity contribution in [2.24, 2.45) is 0 Å². The second-order valence-corrected chi connectivity index (χ2v) is 8.10. The predicted octanol–water partition coefficient (Wildman–Crippen LogP) is 2.87. The lowest BCUT2D eigenvalue weighted by Crippen LogP contribution is -2.28. The van der Waals surface area contributed by atoms with E-state index in [1.807, 2.05) is 12.1 Å². The molecule has 1 aliphatic carbocycles. The number of hydrogen-bond donors (Lipinski definition) is 2. The van der Waals surface area contributed by atoms with E-state index < -0.39 is 0 Å². The molecule has 0 radical (unpaired) electrons. The summed E-state index contributed by atoms with van der Waals surface area (Å²) in [5, 5.41) is 6.28. The van der Waals surface area contributed by atoms with Gasteiger partial charge in [-0.2, -0.15) is 0 Å². The molecular weight excluding hydrogens is 404 g/mol. The molecule has 2 aliphatic rings. The number of aryl methyl sites for hydroxylation is 1. The van der Waals surface area contributed by atoms with Gasteiger partial charge in [0.05, 0.1) is 11.6 Å². The van der Waals surface area contributed by atoms with Crippen LogP contribution in [0.3, 0.4) is 0 Å². The Labute approximate surface area is 176 Å². The maximum atomic E-state index is 12.7. The van der Waals surface area contributed by atoms with Crippen molar-refractivity contribution in [3.05, 3.63) is 64.4 Å². The first-order valence-corrected chi connectivity index (χ1v) is 10.4. The van der Waals surface area contributed by atoms with E-state index >= 15 is 0 Å². The van der Waals surface area contributed by atoms with E-state index in [-0.39, 0.29) is 24.5 Å². The summed E-state index contributed by atoms with van der Waals surface area (Å²) < 4.78 is 10.6. The molecule has 2 amide bonds. The van der Waals surface area contributed by atoms with E-state index in [0.29, 0.717) is 28.7 Å². The molecule has 0 fully saturated rings. The van der Waals surface area contributed by atoms with Gasteiger partial charge >= 0.3 is 0 Å². The van der Waals surface area contributed by atoms with Crippen LogP contribution in [0.5, 0.6) is 11.5 Å². The SMILES string of the molecule is O=C(Nc1nc2c(s1)CCC2C(=O)NCc1cccnc1)c1ccc2c(c1)OCO2. The molecule has 1 atom stereocenters. The van der Waals surface area contributed by atoms with E-state index in [1.165, 1.54) is 11.3 Å². The van der Waals surface area contributed by atoms with Gasteiger partial charge in [0.2, 0.25) is 12.7 Å². The van der Waals surface area contributed by atoms with Crippen LogP contribution >= 0.6 is 11.3 Å². The third-order valence-electron chi connectivity index (χ3n) is 5.08. The van der Waals surface area contributed by atoms with Crippen molar-refractivity contribution in [3.8, 4) is 11.5 Å². The number of anilines is 1. The van der Waals surface area contributed by atoms with Gasteiger partial charge in [-0.15, -0.1) is 11.3 Å². The minimum absolute atomic E-state index is 0.0587. The third-order valence-corrected chi connectivity index (χ3v) is 6.13. The number of thiazole rings is 1. The third kappa shape index (κ3) is 3.59. The van der Waals surface area contributed by atoms with Crippen LogP contribution in [-0.2, 0) is 17.8 Å². The molecule has 30 heavy (non-hydrogen) atoms. The van der Waals surface area contributed by atoms with Crippen LogP contribution < -0.4 is 20.1 Å². The Bertz CT molecular complexity index is 1120. The molecule has 1 aromatic carbocycles. The Morgan fingerprint density at radius 3 is 2.97 bits per heavy atom. The molecule has 0 saturated carbocycles. The van der Waals surface area contributed by atoms with Gasteiger partial charge in [0.1, 0.15) is 0 Å². The minimum atomic E-state index is -0.302. The van der Waals surface area contributed by atoms with E-state index in [0.717, 1.165) is 29.0 Å². The summed E-state index contributed by atoms with van der Waals surface area (Å²) in [7, 11) is 0. The van der Waals surface area contributed by atoms with Crippen molar-refractivity contribution < 1.29 is 19.1 Å². The number of aromatic nitrogens is 2. The minimum Gasteiger partial charge on any atom is -0.454 e. The Kier molecular flexibility index (Phi) is 4.80. The number of amides is 2. The molecule has 9 heteroatoms. The molecular formula is C21H18N4O4S. The number of carbonyl (C=O) groups excluding carboxylic acids is 2. The monoisotopic (exact) mass is 422 g/mol. The van der Waals surface area contributed by atoms with Crippen LogP contribution in [-0.4, -0.2) is 28.6 Å². The maximum Gasteiger partial charge on any atom is 0.257 e. The van der Waals surface area contributed by atoms with E-state index in [2.05, 4.69) is 20.6 Å². The first kappa shape index (κ1) is 18.6.